The zero-order valence-corrected chi connectivity index (χ0v) is 8.38. The Bertz CT molecular complexity index is 293. The minimum atomic E-state index is -3.06. The Morgan fingerprint density at radius 1 is 1.54 bits per heavy atom. The van der Waals surface area contributed by atoms with Crippen molar-refractivity contribution in [1.82, 2.24) is 0 Å². The molecule has 13 heavy (non-hydrogen) atoms. The lowest BCUT2D eigenvalue weighted by Gasteiger charge is -2.26. The predicted octanol–water partition coefficient (Wildman–Crippen LogP) is -0.239. The monoisotopic (exact) mass is 206 g/mol. The van der Waals surface area contributed by atoms with E-state index in [1.807, 2.05) is 0 Å². The van der Waals surface area contributed by atoms with Gasteiger partial charge in [0.15, 0.2) is 9.84 Å². The van der Waals surface area contributed by atoms with E-state index in [1.165, 1.54) is 6.92 Å². The van der Waals surface area contributed by atoms with Gasteiger partial charge in [0.1, 0.15) is 5.78 Å². The van der Waals surface area contributed by atoms with Gasteiger partial charge in [-0.15, -0.1) is 0 Å². The molecule has 1 fully saturated rings. The Kier molecular flexibility index (Phi) is 3.08. The number of ketones is 1. The van der Waals surface area contributed by atoms with Crippen molar-refractivity contribution >= 4 is 15.6 Å². The van der Waals surface area contributed by atoms with Crippen molar-refractivity contribution in [3.05, 3.63) is 0 Å². The summed E-state index contributed by atoms with van der Waals surface area (Å²) in [7, 11) is -3.06. The second-order valence-electron chi connectivity index (χ2n) is 3.64. The van der Waals surface area contributed by atoms with Gasteiger partial charge < -0.3 is 9.90 Å². The van der Waals surface area contributed by atoms with E-state index in [9.17, 15) is 18.3 Å². The van der Waals surface area contributed by atoms with Crippen LogP contribution in [0.15, 0.2) is 0 Å². The highest BCUT2D eigenvalue weighted by Crippen LogP contribution is 2.22. The molecule has 1 rings (SSSR count). The molecule has 1 saturated heterocycles. The first kappa shape index (κ1) is 10.7. The molecule has 5 heteroatoms. The average molecular weight is 206 g/mol. The zero-order valence-electron chi connectivity index (χ0n) is 7.56. The first-order valence-electron chi connectivity index (χ1n) is 4.28. The van der Waals surface area contributed by atoms with Crippen molar-refractivity contribution in [1.29, 1.82) is 0 Å². The summed E-state index contributed by atoms with van der Waals surface area (Å²) in [6.07, 6.45) is -0.164. The first-order chi connectivity index (χ1) is 5.91. The molecule has 0 aromatic heterocycles. The van der Waals surface area contributed by atoms with E-state index in [0.717, 1.165) is 0 Å². The van der Waals surface area contributed by atoms with Gasteiger partial charge in [-0.05, 0) is 19.3 Å². The van der Waals surface area contributed by atoms with E-state index in [0.29, 0.717) is 6.42 Å². The fourth-order valence-corrected chi connectivity index (χ4v) is 3.23. The molecule has 0 saturated carbocycles. The standard InChI is InChI=1S/C8H14O4S/c1-6(9)4-7-2-3-13(11,12)5-8(7)10/h7-8,10H,2-5H2,1H3. The van der Waals surface area contributed by atoms with E-state index in [4.69, 9.17) is 0 Å². The van der Waals surface area contributed by atoms with E-state index in [-0.39, 0.29) is 29.6 Å². The highest BCUT2D eigenvalue weighted by Gasteiger charge is 2.32. The third-order valence-electron chi connectivity index (χ3n) is 2.32. The van der Waals surface area contributed by atoms with Gasteiger partial charge in [-0.25, -0.2) is 8.42 Å². The molecule has 1 heterocycles. The van der Waals surface area contributed by atoms with Crippen LogP contribution >= 0.6 is 0 Å². The van der Waals surface area contributed by atoms with Crippen LogP contribution in [0.5, 0.6) is 0 Å². The maximum atomic E-state index is 11.0. The molecule has 4 nitrogen and oxygen atoms in total. The molecule has 0 aromatic carbocycles. The Morgan fingerprint density at radius 3 is 2.62 bits per heavy atom. The number of aliphatic hydroxyl groups is 1. The molecule has 1 N–H and O–H groups in total. The van der Waals surface area contributed by atoms with Crippen LogP contribution in [-0.2, 0) is 14.6 Å². The molecule has 76 valence electrons. The van der Waals surface area contributed by atoms with Crippen molar-refractivity contribution in [3.63, 3.8) is 0 Å². The van der Waals surface area contributed by atoms with Gasteiger partial charge in [-0.1, -0.05) is 0 Å². The summed E-state index contributed by atoms with van der Waals surface area (Å²) in [5.41, 5.74) is 0. The van der Waals surface area contributed by atoms with Crippen molar-refractivity contribution in [2.24, 2.45) is 5.92 Å². The number of carbonyl (C=O) groups is 1. The molecular weight excluding hydrogens is 192 g/mol. The van der Waals surface area contributed by atoms with Crippen molar-refractivity contribution < 1.29 is 18.3 Å². The van der Waals surface area contributed by atoms with Crippen LogP contribution in [0.2, 0.25) is 0 Å². The van der Waals surface area contributed by atoms with Gasteiger partial charge in [0.25, 0.3) is 0 Å². The van der Waals surface area contributed by atoms with Gasteiger partial charge in [0.2, 0.25) is 0 Å². The average Bonchev–Trinajstić information content (AvgIpc) is 1.93. The van der Waals surface area contributed by atoms with Crippen molar-refractivity contribution in [2.45, 2.75) is 25.9 Å². The number of hydrogen-bond acceptors (Lipinski definition) is 4. The lowest BCUT2D eigenvalue weighted by Crippen LogP contribution is -2.37. The second kappa shape index (κ2) is 3.75. The van der Waals surface area contributed by atoms with Crippen LogP contribution in [0.1, 0.15) is 19.8 Å². The van der Waals surface area contributed by atoms with E-state index >= 15 is 0 Å². The van der Waals surface area contributed by atoms with Crippen LogP contribution in [0.3, 0.4) is 0 Å². The first-order valence-corrected chi connectivity index (χ1v) is 6.11. The quantitative estimate of drug-likeness (QED) is 0.677. The number of rotatable bonds is 2. The summed E-state index contributed by atoms with van der Waals surface area (Å²) in [5.74, 6) is -0.253. The lowest BCUT2D eigenvalue weighted by atomic mass is 9.94. The number of sulfone groups is 1. The summed E-state index contributed by atoms with van der Waals surface area (Å²) in [6.45, 7) is 1.45. The Hall–Kier alpha value is -0.420. The van der Waals surface area contributed by atoms with Gasteiger partial charge >= 0.3 is 0 Å². The predicted molar refractivity (Wildman–Crippen MR) is 48.1 cm³/mol. The van der Waals surface area contributed by atoms with Crippen LogP contribution in [0.25, 0.3) is 0 Å². The summed E-state index contributed by atoms with van der Waals surface area (Å²) in [5, 5.41) is 9.42. The largest absolute Gasteiger partial charge is 0.392 e. The van der Waals surface area contributed by atoms with E-state index in [1.54, 1.807) is 0 Å². The van der Waals surface area contributed by atoms with Gasteiger partial charge in [-0.2, -0.15) is 0 Å². The topological polar surface area (TPSA) is 71.4 Å². The maximum Gasteiger partial charge on any atom is 0.152 e. The number of carbonyl (C=O) groups excluding carboxylic acids is 1. The molecule has 0 spiro atoms. The van der Waals surface area contributed by atoms with Crippen LogP contribution in [0, 0.1) is 5.92 Å². The highest BCUT2D eigenvalue weighted by molar-refractivity contribution is 7.91. The van der Waals surface area contributed by atoms with E-state index < -0.39 is 15.9 Å². The molecule has 1 aliphatic heterocycles. The second-order valence-corrected chi connectivity index (χ2v) is 5.87. The zero-order chi connectivity index (χ0) is 10.1. The smallest absolute Gasteiger partial charge is 0.152 e. The fraction of sp³-hybridized carbons (Fsp3) is 0.875. The van der Waals surface area contributed by atoms with Gasteiger partial charge in [0.05, 0.1) is 17.6 Å². The Labute approximate surface area is 77.9 Å². The number of Topliss-reactive ketones (excluding diaryl/α,β-unsaturated/α-hetero) is 1. The molecule has 0 bridgehead atoms. The number of aliphatic hydroxyl groups excluding tert-OH is 1. The molecule has 1 aliphatic rings. The normalized spacial score (nSPS) is 32.8. The molecule has 0 aliphatic carbocycles. The van der Waals surface area contributed by atoms with Crippen molar-refractivity contribution in [3.8, 4) is 0 Å². The minimum absolute atomic E-state index is 0.00310. The maximum absolute atomic E-state index is 11.0. The molecule has 2 atom stereocenters. The third-order valence-corrected chi connectivity index (χ3v) is 4.03. The van der Waals surface area contributed by atoms with Crippen LogP contribution < -0.4 is 0 Å². The van der Waals surface area contributed by atoms with Crippen LogP contribution in [0.4, 0.5) is 0 Å². The van der Waals surface area contributed by atoms with E-state index in [2.05, 4.69) is 0 Å². The van der Waals surface area contributed by atoms with Gasteiger partial charge in [0, 0.05) is 6.42 Å². The minimum Gasteiger partial charge on any atom is -0.392 e. The Balaban J connectivity index is 2.59. The molecule has 2 unspecified atom stereocenters. The fourth-order valence-electron chi connectivity index (χ4n) is 1.61. The van der Waals surface area contributed by atoms with Crippen molar-refractivity contribution in [2.75, 3.05) is 11.5 Å². The van der Waals surface area contributed by atoms with Crippen LogP contribution in [-0.4, -0.2) is 36.9 Å². The summed E-state index contributed by atoms with van der Waals surface area (Å²) in [4.78, 5) is 10.8. The molecule has 0 amide bonds. The number of hydrogen-bond donors (Lipinski definition) is 1. The summed E-state index contributed by atoms with van der Waals surface area (Å²) >= 11 is 0. The summed E-state index contributed by atoms with van der Waals surface area (Å²) < 4.78 is 22.1. The lowest BCUT2D eigenvalue weighted by molar-refractivity contribution is -0.118. The highest BCUT2D eigenvalue weighted by atomic mass is 32.2. The molecule has 0 aromatic rings. The third kappa shape index (κ3) is 3.08. The molecule has 0 radical (unpaired) electrons. The van der Waals surface area contributed by atoms with Gasteiger partial charge in [-0.3, -0.25) is 0 Å². The Morgan fingerprint density at radius 2 is 2.15 bits per heavy atom. The SMILES string of the molecule is CC(=O)CC1CCS(=O)(=O)CC1O. The molecular formula is C8H14O4S. The summed E-state index contributed by atoms with van der Waals surface area (Å²) in [6, 6.07) is 0.